The van der Waals surface area contributed by atoms with Crippen molar-refractivity contribution in [1.82, 2.24) is 10.6 Å². The number of halogens is 1. The topological polar surface area (TPSA) is 41.1 Å². The lowest BCUT2D eigenvalue weighted by atomic mass is 9.86. The molecule has 0 aliphatic carbocycles. The van der Waals surface area contributed by atoms with Gasteiger partial charge in [0.25, 0.3) is 5.91 Å². The predicted octanol–water partition coefficient (Wildman–Crippen LogP) is 4.19. The highest BCUT2D eigenvalue weighted by molar-refractivity contribution is 5.94. The van der Waals surface area contributed by atoms with E-state index in [0.29, 0.717) is 5.92 Å². The molecule has 23 heavy (non-hydrogen) atoms. The van der Waals surface area contributed by atoms with Crippen molar-refractivity contribution >= 4 is 18.3 Å². The molecule has 2 N–H and O–H groups in total. The average molecular weight is 339 g/mol. The number of amides is 1. The van der Waals surface area contributed by atoms with Crippen LogP contribution in [0.2, 0.25) is 0 Å². The highest BCUT2D eigenvalue weighted by Gasteiger charge is 2.18. The van der Waals surface area contributed by atoms with E-state index < -0.39 is 0 Å². The van der Waals surface area contributed by atoms with Crippen LogP contribution in [0.4, 0.5) is 0 Å². The quantitative estimate of drug-likeness (QED) is 0.732. The lowest BCUT2D eigenvalue weighted by Gasteiger charge is -2.25. The molecule has 1 heterocycles. The van der Waals surface area contributed by atoms with Gasteiger partial charge >= 0.3 is 0 Å². The molecular weight excluding hydrogens is 308 g/mol. The molecule has 1 aromatic carbocycles. The molecule has 1 aromatic rings. The van der Waals surface area contributed by atoms with E-state index in [1.165, 1.54) is 43.2 Å². The van der Waals surface area contributed by atoms with Crippen molar-refractivity contribution in [3.63, 3.8) is 0 Å². The number of hydrogen-bond donors (Lipinski definition) is 2. The minimum Gasteiger partial charge on any atom is -0.352 e. The van der Waals surface area contributed by atoms with Crippen LogP contribution in [-0.2, 0) is 0 Å². The van der Waals surface area contributed by atoms with E-state index >= 15 is 0 Å². The molecule has 0 unspecified atom stereocenters. The summed E-state index contributed by atoms with van der Waals surface area (Å²) in [4.78, 5) is 12.3. The number of rotatable bonds is 7. The first-order valence-corrected chi connectivity index (χ1v) is 8.82. The molecule has 0 saturated carbocycles. The predicted molar refractivity (Wildman–Crippen MR) is 99.7 cm³/mol. The zero-order chi connectivity index (χ0) is 15.8. The molecule has 4 heteroatoms. The summed E-state index contributed by atoms with van der Waals surface area (Å²) >= 11 is 0. The van der Waals surface area contributed by atoms with E-state index in [0.717, 1.165) is 31.6 Å². The van der Waals surface area contributed by atoms with Crippen LogP contribution >= 0.6 is 12.4 Å². The maximum Gasteiger partial charge on any atom is 0.251 e. The Morgan fingerprint density at radius 3 is 2.65 bits per heavy atom. The van der Waals surface area contributed by atoms with Gasteiger partial charge in [0.2, 0.25) is 0 Å². The smallest absolute Gasteiger partial charge is 0.251 e. The van der Waals surface area contributed by atoms with Crippen LogP contribution in [0.15, 0.2) is 18.2 Å². The van der Waals surface area contributed by atoms with E-state index in [1.807, 2.05) is 6.07 Å². The Balaban J connectivity index is 0.00000264. The largest absolute Gasteiger partial charge is 0.352 e. The van der Waals surface area contributed by atoms with Crippen molar-refractivity contribution in [2.45, 2.75) is 58.3 Å². The first kappa shape index (κ1) is 20.0. The van der Waals surface area contributed by atoms with Crippen molar-refractivity contribution in [1.29, 1.82) is 0 Å². The first-order valence-electron chi connectivity index (χ1n) is 8.82. The number of aryl methyl sites for hydroxylation is 1. The van der Waals surface area contributed by atoms with Crippen LogP contribution in [0.3, 0.4) is 0 Å². The fourth-order valence-electron chi connectivity index (χ4n) is 3.21. The van der Waals surface area contributed by atoms with Crippen LogP contribution < -0.4 is 10.6 Å². The second-order valence-corrected chi connectivity index (χ2v) is 6.41. The number of unbranched alkanes of at least 4 members (excludes halogenated alkanes) is 3. The van der Waals surface area contributed by atoms with Crippen molar-refractivity contribution < 1.29 is 4.79 Å². The molecule has 130 valence electrons. The highest BCUT2D eigenvalue weighted by Crippen LogP contribution is 2.28. The standard InChI is InChI=1S/C19H30N2O.ClH/c1-3-4-5-6-11-21-19(22)17-8-7-15(2)18(14-17)16-9-12-20-13-10-16;/h7-8,14,16,20H,3-6,9-13H2,1-2H3,(H,21,22);1H. The minimum absolute atomic E-state index is 0. The average Bonchev–Trinajstić information content (AvgIpc) is 2.55. The number of nitrogens with one attached hydrogen (secondary N) is 2. The van der Waals surface area contributed by atoms with Crippen molar-refractivity contribution in [2.75, 3.05) is 19.6 Å². The van der Waals surface area contributed by atoms with Gasteiger partial charge in [-0.05, 0) is 68.5 Å². The molecule has 1 aliphatic heterocycles. The van der Waals surface area contributed by atoms with Gasteiger partial charge in [0.1, 0.15) is 0 Å². The lowest BCUT2D eigenvalue weighted by Crippen LogP contribution is -2.28. The second kappa shape index (κ2) is 10.7. The molecule has 1 fully saturated rings. The van der Waals surface area contributed by atoms with Crippen LogP contribution in [0.25, 0.3) is 0 Å². The Labute approximate surface area is 147 Å². The summed E-state index contributed by atoms with van der Waals surface area (Å²) in [7, 11) is 0. The molecule has 1 aliphatic rings. The van der Waals surface area contributed by atoms with Crippen molar-refractivity contribution in [3.05, 3.63) is 34.9 Å². The molecule has 0 spiro atoms. The Kier molecular flexibility index (Phi) is 9.27. The van der Waals surface area contributed by atoms with Crippen LogP contribution in [0.1, 0.15) is 72.9 Å². The van der Waals surface area contributed by atoms with Crippen molar-refractivity contribution in [2.24, 2.45) is 0 Å². The summed E-state index contributed by atoms with van der Waals surface area (Å²) in [5.74, 6) is 0.672. The number of benzene rings is 1. The minimum atomic E-state index is 0. The molecule has 0 bridgehead atoms. The summed E-state index contributed by atoms with van der Waals surface area (Å²) in [6.07, 6.45) is 7.09. The third kappa shape index (κ3) is 6.15. The number of hydrogen-bond acceptors (Lipinski definition) is 2. The molecule has 1 amide bonds. The SMILES string of the molecule is CCCCCCNC(=O)c1ccc(C)c(C2CCNCC2)c1.Cl. The molecular formula is C19H31ClN2O. The Morgan fingerprint density at radius 1 is 1.22 bits per heavy atom. The Morgan fingerprint density at radius 2 is 1.96 bits per heavy atom. The van der Waals surface area contributed by atoms with E-state index in [4.69, 9.17) is 0 Å². The maximum absolute atomic E-state index is 12.3. The third-order valence-electron chi connectivity index (χ3n) is 4.64. The zero-order valence-corrected chi connectivity index (χ0v) is 15.3. The van der Waals surface area contributed by atoms with Gasteiger partial charge in [0.05, 0.1) is 0 Å². The fraction of sp³-hybridized carbons (Fsp3) is 0.632. The van der Waals surface area contributed by atoms with Crippen LogP contribution in [0.5, 0.6) is 0 Å². The summed E-state index contributed by atoms with van der Waals surface area (Å²) in [6, 6.07) is 6.18. The summed E-state index contributed by atoms with van der Waals surface area (Å²) in [5, 5.41) is 6.46. The summed E-state index contributed by atoms with van der Waals surface area (Å²) in [5.41, 5.74) is 3.49. The van der Waals surface area contributed by atoms with Crippen LogP contribution in [-0.4, -0.2) is 25.5 Å². The molecule has 3 nitrogen and oxygen atoms in total. The van der Waals surface area contributed by atoms with E-state index in [-0.39, 0.29) is 18.3 Å². The van der Waals surface area contributed by atoms with Crippen molar-refractivity contribution in [3.8, 4) is 0 Å². The van der Waals surface area contributed by atoms with Gasteiger partial charge in [-0.25, -0.2) is 0 Å². The van der Waals surface area contributed by atoms with Gasteiger partial charge in [-0.3, -0.25) is 4.79 Å². The monoisotopic (exact) mass is 338 g/mol. The Bertz CT molecular complexity index is 484. The fourth-order valence-corrected chi connectivity index (χ4v) is 3.21. The van der Waals surface area contributed by atoms with Gasteiger partial charge in [-0.15, -0.1) is 12.4 Å². The molecule has 1 saturated heterocycles. The third-order valence-corrected chi connectivity index (χ3v) is 4.64. The van der Waals surface area contributed by atoms with Crippen LogP contribution in [0, 0.1) is 6.92 Å². The van der Waals surface area contributed by atoms with E-state index in [1.54, 1.807) is 0 Å². The van der Waals surface area contributed by atoms with Gasteiger partial charge in [0.15, 0.2) is 0 Å². The maximum atomic E-state index is 12.3. The number of piperidine rings is 1. The van der Waals surface area contributed by atoms with Gasteiger partial charge in [-0.1, -0.05) is 32.3 Å². The van der Waals surface area contributed by atoms with E-state index in [2.05, 4.69) is 36.6 Å². The van der Waals surface area contributed by atoms with Gasteiger partial charge in [0, 0.05) is 12.1 Å². The van der Waals surface area contributed by atoms with Gasteiger partial charge in [-0.2, -0.15) is 0 Å². The first-order chi connectivity index (χ1) is 10.7. The summed E-state index contributed by atoms with van der Waals surface area (Å²) in [6.45, 7) is 7.31. The Hall–Kier alpha value is -1.06. The molecule has 0 radical (unpaired) electrons. The number of carbonyl (C=O) groups is 1. The second-order valence-electron chi connectivity index (χ2n) is 6.41. The molecule has 2 rings (SSSR count). The van der Waals surface area contributed by atoms with Gasteiger partial charge < -0.3 is 10.6 Å². The van der Waals surface area contributed by atoms with E-state index in [9.17, 15) is 4.79 Å². The highest BCUT2D eigenvalue weighted by atomic mass is 35.5. The summed E-state index contributed by atoms with van der Waals surface area (Å²) < 4.78 is 0. The normalized spacial score (nSPS) is 15.0. The zero-order valence-electron chi connectivity index (χ0n) is 14.5. The molecule has 0 aromatic heterocycles. The number of carbonyl (C=O) groups excluding carboxylic acids is 1. The lowest BCUT2D eigenvalue weighted by molar-refractivity contribution is 0.0953. The molecule has 0 atom stereocenters.